The van der Waals surface area contributed by atoms with E-state index in [1.54, 1.807) is 6.07 Å². The summed E-state index contributed by atoms with van der Waals surface area (Å²) in [6, 6.07) is 1.78. The monoisotopic (exact) mass is 276 g/mol. The molecular weight excluding hydrogens is 270 g/mol. The first-order valence-corrected chi connectivity index (χ1v) is 5.18. The number of nitrogens with zero attached hydrogens (tertiary/aromatic N) is 1. The molecule has 1 aromatic rings. The van der Waals surface area contributed by atoms with Crippen molar-refractivity contribution in [2.45, 2.75) is 18.2 Å². The van der Waals surface area contributed by atoms with Crippen LogP contribution < -0.4 is 5.56 Å². The summed E-state index contributed by atoms with van der Waals surface area (Å²) in [6.45, 7) is 0. The average Bonchev–Trinajstić information content (AvgIpc) is 2.20. The SMILES string of the molecule is N#CCc1c(CBr)c(C(F)F)c[nH]c1=O. The van der Waals surface area contributed by atoms with Crippen LogP contribution in [0.4, 0.5) is 8.78 Å². The Morgan fingerprint density at radius 1 is 1.53 bits per heavy atom. The number of hydrogen-bond acceptors (Lipinski definition) is 2. The quantitative estimate of drug-likeness (QED) is 0.861. The van der Waals surface area contributed by atoms with E-state index in [1.165, 1.54) is 0 Å². The molecule has 0 aliphatic heterocycles. The van der Waals surface area contributed by atoms with Crippen LogP contribution in [0.25, 0.3) is 0 Å². The summed E-state index contributed by atoms with van der Waals surface area (Å²) in [5, 5.41) is 8.62. The van der Waals surface area contributed by atoms with Gasteiger partial charge in [-0.05, 0) is 5.56 Å². The van der Waals surface area contributed by atoms with Crippen molar-refractivity contribution in [1.82, 2.24) is 4.98 Å². The van der Waals surface area contributed by atoms with Gasteiger partial charge in [-0.1, -0.05) is 15.9 Å². The van der Waals surface area contributed by atoms with Crippen LogP contribution in [0, 0.1) is 11.3 Å². The molecule has 1 aromatic heterocycles. The maximum absolute atomic E-state index is 12.5. The molecule has 0 radical (unpaired) electrons. The third kappa shape index (κ3) is 2.42. The molecule has 1 heterocycles. The number of rotatable bonds is 3. The largest absolute Gasteiger partial charge is 0.328 e. The molecule has 0 amide bonds. The van der Waals surface area contributed by atoms with Gasteiger partial charge in [0.15, 0.2) is 0 Å². The van der Waals surface area contributed by atoms with Gasteiger partial charge in [-0.2, -0.15) is 5.26 Å². The highest BCUT2D eigenvalue weighted by Gasteiger charge is 2.17. The van der Waals surface area contributed by atoms with E-state index >= 15 is 0 Å². The lowest BCUT2D eigenvalue weighted by Gasteiger charge is -2.08. The van der Waals surface area contributed by atoms with Crippen molar-refractivity contribution in [1.29, 1.82) is 5.26 Å². The third-order valence-electron chi connectivity index (χ3n) is 1.97. The van der Waals surface area contributed by atoms with Crippen molar-refractivity contribution >= 4 is 15.9 Å². The van der Waals surface area contributed by atoms with Crippen LogP contribution in [-0.2, 0) is 11.8 Å². The van der Waals surface area contributed by atoms with Crippen molar-refractivity contribution in [3.8, 4) is 6.07 Å². The van der Waals surface area contributed by atoms with Crippen LogP contribution in [0.5, 0.6) is 0 Å². The maximum Gasteiger partial charge on any atom is 0.265 e. The second kappa shape index (κ2) is 5.03. The highest BCUT2D eigenvalue weighted by molar-refractivity contribution is 9.08. The molecule has 0 aliphatic rings. The summed E-state index contributed by atoms with van der Waals surface area (Å²) in [5.74, 6) is 0. The number of aromatic nitrogens is 1. The van der Waals surface area contributed by atoms with E-state index in [2.05, 4.69) is 20.9 Å². The smallest absolute Gasteiger partial charge is 0.265 e. The second-order valence-corrected chi connectivity index (χ2v) is 3.36. The molecule has 0 unspecified atom stereocenters. The Hall–Kier alpha value is -1.22. The Bertz CT molecular complexity index is 450. The Morgan fingerprint density at radius 2 is 2.20 bits per heavy atom. The topological polar surface area (TPSA) is 56.6 Å². The minimum Gasteiger partial charge on any atom is -0.328 e. The molecule has 0 aliphatic carbocycles. The van der Waals surface area contributed by atoms with E-state index in [0.717, 1.165) is 6.20 Å². The van der Waals surface area contributed by atoms with Gasteiger partial charge in [-0.25, -0.2) is 8.78 Å². The van der Waals surface area contributed by atoms with Gasteiger partial charge in [0.25, 0.3) is 12.0 Å². The molecule has 1 rings (SSSR count). The minimum atomic E-state index is -2.66. The molecule has 0 aromatic carbocycles. The highest BCUT2D eigenvalue weighted by Crippen LogP contribution is 2.25. The number of pyridine rings is 1. The second-order valence-electron chi connectivity index (χ2n) is 2.80. The predicted octanol–water partition coefficient (Wildman–Crippen LogP) is 2.27. The van der Waals surface area contributed by atoms with Crippen LogP contribution in [0.1, 0.15) is 23.1 Å². The lowest BCUT2D eigenvalue weighted by Crippen LogP contribution is -2.16. The fourth-order valence-corrected chi connectivity index (χ4v) is 1.91. The number of alkyl halides is 3. The molecule has 0 saturated heterocycles. The zero-order valence-electron chi connectivity index (χ0n) is 7.56. The number of aromatic amines is 1. The fraction of sp³-hybridized carbons (Fsp3) is 0.333. The number of halogens is 3. The summed E-state index contributed by atoms with van der Waals surface area (Å²) in [5.41, 5.74) is -0.422. The lowest BCUT2D eigenvalue weighted by molar-refractivity contribution is 0.150. The van der Waals surface area contributed by atoms with Gasteiger partial charge in [-0.3, -0.25) is 4.79 Å². The number of hydrogen-bond donors (Lipinski definition) is 1. The predicted molar refractivity (Wildman–Crippen MR) is 54.0 cm³/mol. The van der Waals surface area contributed by atoms with Crippen LogP contribution in [0.3, 0.4) is 0 Å². The molecule has 0 fully saturated rings. The molecule has 6 heteroatoms. The van der Waals surface area contributed by atoms with Gasteiger partial charge in [-0.15, -0.1) is 0 Å². The molecule has 0 atom stereocenters. The number of nitrogens with one attached hydrogen (secondary N) is 1. The molecule has 0 spiro atoms. The van der Waals surface area contributed by atoms with E-state index in [9.17, 15) is 13.6 Å². The van der Waals surface area contributed by atoms with Gasteiger partial charge >= 0.3 is 0 Å². The Labute approximate surface area is 92.9 Å². The Kier molecular flexibility index (Phi) is 3.97. The lowest BCUT2D eigenvalue weighted by atomic mass is 10.0. The van der Waals surface area contributed by atoms with Crippen molar-refractivity contribution in [3.05, 3.63) is 33.2 Å². The summed E-state index contributed by atoms with van der Waals surface area (Å²) < 4.78 is 25.1. The average molecular weight is 277 g/mol. The van der Waals surface area contributed by atoms with Gasteiger partial charge in [0, 0.05) is 22.7 Å². The molecule has 15 heavy (non-hydrogen) atoms. The summed E-state index contributed by atoms with van der Waals surface area (Å²) >= 11 is 3.04. The first-order valence-electron chi connectivity index (χ1n) is 4.06. The van der Waals surface area contributed by atoms with Gasteiger partial charge in [0.2, 0.25) is 0 Å². The number of H-pyrrole nitrogens is 1. The summed E-state index contributed by atoms with van der Waals surface area (Å²) in [4.78, 5) is 13.5. The molecule has 1 N–H and O–H groups in total. The zero-order chi connectivity index (χ0) is 11.4. The summed E-state index contributed by atoms with van der Waals surface area (Å²) in [7, 11) is 0. The van der Waals surface area contributed by atoms with Crippen LogP contribution in [-0.4, -0.2) is 4.98 Å². The van der Waals surface area contributed by atoms with E-state index in [0.29, 0.717) is 0 Å². The minimum absolute atomic E-state index is 0.104. The van der Waals surface area contributed by atoms with Crippen molar-refractivity contribution in [2.24, 2.45) is 0 Å². The van der Waals surface area contributed by atoms with Crippen LogP contribution >= 0.6 is 15.9 Å². The molecular formula is C9H7BrF2N2O. The Morgan fingerprint density at radius 3 is 2.67 bits per heavy atom. The molecule has 3 nitrogen and oxygen atoms in total. The van der Waals surface area contributed by atoms with Gasteiger partial charge in [0.1, 0.15) is 0 Å². The van der Waals surface area contributed by atoms with Crippen molar-refractivity contribution in [3.63, 3.8) is 0 Å². The van der Waals surface area contributed by atoms with Crippen molar-refractivity contribution in [2.75, 3.05) is 0 Å². The van der Waals surface area contributed by atoms with Crippen LogP contribution in [0.2, 0.25) is 0 Å². The third-order valence-corrected chi connectivity index (χ3v) is 2.53. The summed E-state index contributed by atoms with van der Waals surface area (Å²) in [6.07, 6.45) is -1.84. The normalized spacial score (nSPS) is 10.3. The standard InChI is InChI=1S/C9H7BrF2N2O/c10-3-6-5(1-2-13)9(15)14-4-7(6)8(11)12/h4,8H,1,3H2,(H,14,15). The van der Waals surface area contributed by atoms with Crippen molar-refractivity contribution < 1.29 is 8.78 Å². The fourth-order valence-electron chi connectivity index (χ4n) is 1.25. The molecule has 80 valence electrons. The molecule has 0 saturated carbocycles. The van der Waals surface area contributed by atoms with E-state index < -0.39 is 12.0 Å². The van der Waals surface area contributed by atoms with E-state index in [4.69, 9.17) is 5.26 Å². The van der Waals surface area contributed by atoms with Gasteiger partial charge in [0.05, 0.1) is 12.5 Å². The maximum atomic E-state index is 12.5. The Balaban J connectivity index is 3.41. The highest BCUT2D eigenvalue weighted by atomic mass is 79.9. The van der Waals surface area contributed by atoms with E-state index in [1.807, 2.05) is 0 Å². The first-order chi connectivity index (χ1) is 7.11. The zero-order valence-corrected chi connectivity index (χ0v) is 9.14. The van der Waals surface area contributed by atoms with Crippen LogP contribution in [0.15, 0.2) is 11.0 Å². The molecule has 0 bridgehead atoms. The van der Waals surface area contributed by atoms with E-state index in [-0.39, 0.29) is 28.4 Å². The number of nitriles is 1. The van der Waals surface area contributed by atoms with Gasteiger partial charge < -0.3 is 4.98 Å². The first kappa shape index (κ1) is 11.9.